The molecule has 1 heterocycles. The fraction of sp³-hybridized carbons (Fsp3) is 0.182. The summed E-state index contributed by atoms with van der Waals surface area (Å²) in [6, 6.07) is 4.17. The predicted molar refractivity (Wildman–Crippen MR) is 66.0 cm³/mol. The third kappa shape index (κ3) is 3.07. The number of hydrogen-bond acceptors (Lipinski definition) is 5. The Morgan fingerprint density at radius 2 is 2.30 bits per heavy atom. The van der Waals surface area contributed by atoms with E-state index < -0.39 is 16.5 Å². The molecule has 0 bridgehead atoms. The summed E-state index contributed by atoms with van der Waals surface area (Å²) in [6.07, 6.45) is 1.08. The van der Waals surface area contributed by atoms with Crippen LogP contribution >= 0.6 is 0 Å². The predicted octanol–water partition coefficient (Wildman–Crippen LogP) is 0.111. The number of nitrogens with zero attached hydrogens (tertiary/aromatic N) is 2. The molecule has 1 aromatic carbocycles. The normalized spacial score (nSPS) is 10.2. The Hall–Kier alpha value is -2.97. The summed E-state index contributed by atoms with van der Waals surface area (Å²) in [5.74, 6) is -0.448. The molecule has 0 saturated heterocycles. The second kappa shape index (κ2) is 5.34. The highest BCUT2D eigenvalue weighted by molar-refractivity contribution is 5.90. The molecule has 1 aromatic heterocycles. The van der Waals surface area contributed by atoms with E-state index in [4.69, 9.17) is 0 Å². The van der Waals surface area contributed by atoms with Crippen molar-refractivity contribution in [2.24, 2.45) is 0 Å². The number of hydrogen-bond donors (Lipinski definition) is 2. The molecule has 9 nitrogen and oxygen atoms in total. The molecular formula is C11H11N4O5+. The molecule has 0 radical (unpaired) electrons. The molecule has 0 saturated carbocycles. The van der Waals surface area contributed by atoms with E-state index in [1.807, 2.05) is 0 Å². The van der Waals surface area contributed by atoms with Gasteiger partial charge in [-0.25, -0.2) is 4.79 Å². The number of nitro groups is 1. The van der Waals surface area contributed by atoms with E-state index in [0.717, 1.165) is 10.9 Å². The molecule has 0 fully saturated rings. The lowest BCUT2D eigenvalue weighted by Crippen LogP contribution is -2.41. The van der Waals surface area contributed by atoms with Gasteiger partial charge in [-0.05, 0) is 17.8 Å². The van der Waals surface area contributed by atoms with Crippen molar-refractivity contribution in [2.45, 2.75) is 13.5 Å². The Labute approximate surface area is 111 Å². The van der Waals surface area contributed by atoms with Crippen LogP contribution < -0.4 is 15.6 Å². The minimum atomic E-state index is -0.607. The zero-order chi connectivity index (χ0) is 14.7. The van der Waals surface area contributed by atoms with E-state index in [-0.39, 0.29) is 12.2 Å². The maximum absolute atomic E-state index is 11.8. The van der Waals surface area contributed by atoms with Gasteiger partial charge in [-0.1, -0.05) is 10.7 Å². The van der Waals surface area contributed by atoms with E-state index in [1.54, 1.807) is 13.0 Å². The third-order valence-corrected chi connectivity index (χ3v) is 2.54. The highest BCUT2D eigenvalue weighted by Crippen LogP contribution is 2.21. The van der Waals surface area contributed by atoms with Gasteiger partial charge in [0.15, 0.2) is 0 Å². The number of aromatic nitrogens is 2. The fourth-order valence-corrected chi connectivity index (χ4v) is 1.56. The molecule has 2 N–H and O–H groups in total. The molecular weight excluding hydrogens is 268 g/mol. The summed E-state index contributed by atoms with van der Waals surface area (Å²) in [5.41, 5.74) is 0.310. The summed E-state index contributed by atoms with van der Waals surface area (Å²) < 4.78 is 5.56. The van der Waals surface area contributed by atoms with Crippen molar-refractivity contribution in [1.29, 1.82) is 0 Å². The first-order valence-electron chi connectivity index (χ1n) is 5.58. The summed E-state index contributed by atoms with van der Waals surface area (Å²) in [7, 11) is 0. The second-order valence-electron chi connectivity index (χ2n) is 4.07. The quantitative estimate of drug-likeness (QED) is 0.467. The van der Waals surface area contributed by atoms with Gasteiger partial charge in [-0.2, -0.15) is 0 Å². The standard InChI is InChI=1S/C11H10N4O5/c1-7-2-3-8(15(18)19)4-9(7)12-10(16)5-14-6-11(17)20-13-14/h2-4,6H,5H2,1H3,(H-,12,13,16,17)/p+1. The number of carbonyl (C=O) groups is 1. The number of anilines is 1. The number of carbonyl (C=O) groups excluding carboxylic acids is 1. The van der Waals surface area contributed by atoms with Crippen molar-refractivity contribution in [3.05, 3.63) is 50.5 Å². The molecule has 104 valence electrons. The number of rotatable bonds is 4. The number of nitrogens with one attached hydrogen (secondary N) is 2. The van der Waals surface area contributed by atoms with E-state index >= 15 is 0 Å². The maximum Gasteiger partial charge on any atom is 0.426 e. The molecule has 0 spiro atoms. The summed E-state index contributed by atoms with van der Waals surface area (Å²) >= 11 is 0. The molecule has 20 heavy (non-hydrogen) atoms. The topological polar surface area (TPSA) is 122 Å². The first-order valence-corrected chi connectivity index (χ1v) is 5.58. The number of benzene rings is 1. The number of amides is 1. The van der Waals surface area contributed by atoms with Crippen LogP contribution in [-0.4, -0.2) is 16.1 Å². The first-order chi connectivity index (χ1) is 9.45. The molecule has 9 heteroatoms. The van der Waals surface area contributed by atoms with Gasteiger partial charge in [-0.3, -0.25) is 19.4 Å². The zero-order valence-corrected chi connectivity index (χ0v) is 10.5. The number of H-pyrrole nitrogens is 1. The lowest BCUT2D eigenvalue weighted by atomic mass is 10.2. The molecule has 0 unspecified atom stereocenters. The SMILES string of the molecule is Cc1ccc([N+](=O)[O-])cc1NC(=O)C[n+]1cc(=O)o[nH]1. The highest BCUT2D eigenvalue weighted by atomic mass is 16.6. The third-order valence-electron chi connectivity index (χ3n) is 2.54. The Balaban J connectivity index is 2.13. The van der Waals surface area contributed by atoms with Crippen LogP contribution in [0.4, 0.5) is 11.4 Å². The van der Waals surface area contributed by atoms with Crippen LogP contribution in [-0.2, 0) is 11.3 Å². The van der Waals surface area contributed by atoms with Gasteiger partial charge in [-0.15, -0.1) is 0 Å². The molecule has 1 amide bonds. The highest BCUT2D eigenvalue weighted by Gasteiger charge is 2.15. The van der Waals surface area contributed by atoms with Gasteiger partial charge in [0.1, 0.15) is 0 Å². The van der Waals surface area contributed by atoms with Crippen molar-refractivity contribution in [3.8, 4) is 0 Å². The van der Waals surface area contributed by atoms with Crippen LogP contribution in [0.5, 0.6) is 0 Å². The minimum Gasteiger partial charge on any atom is -0.320 e. The summed E-state index contributed by atoms with van der Waals surface area (Å²) in [6.45, 7) is 1.54. The van der Waals surface area contributed by atoms with Crippen LogP contribution in [0.2, 0.25) is 0 Å². The molecule has 0 aliphatic heterocycles. The number of aryl methyl sites for hydroxylation is 1. The van der Waals surface area contributed by atoms with Crippen LogP contribution in [0, 0.1) is 17.0 Å². The van der Waals surface area contributed by atoms with Crippen molar-refractivity contribution in [1.82, 2.24) is 5.27 Å². The molecule has 2 rings (SSSR count). The second-order valence-corrected chi connectivity index (χ2v) is 4.07. The molecule has 2 aromatic rings. The maximum atomic E-state index is 11.8. The van der Waals surface area contributed by atoms with Crippen LogP contribution in [0.1, 0.15) is 5.56 Å². The lowest BCUT2D eigenvalue weighted by molar-refractivity contribution is -0.750. The number of nitro benzene ring substituents is 1. The Bertz CT molecular complexity index is 718. The summed E-state index contributed by atoms with van der Waals surface area (Å²) in [5, 5.41) is 15.4. The van der Waals surface area contributed by atoms with E-state index in [2.05, 4.69) is 15.1 Å². The van der Waals surface area contributed by atoms with Gasteiger partial charge in [0.05, 0.1) is 10.6 Å². The van der Waals surface area contributed by atoms with Gasteiger partial charge in [0, 0.05) is 12.1 Å². The Kier molecular flexibility index (Phi) is 3.60. The fourth-order valence-electron chi connectivity index (χ4n) is 1.56. The Morgan fingerprint density at radius 1 is 1.55 bits per heavy atom. The van der Waals surface area contributed by atoms with Gasteiger partial charge in [0.25, 0.3) is 24.3 Å². The largest absolute Gasteiger partial charge is 0.426 e. The van der Waals surface area contributed by atoms with Crippen molar-refractivity contribution < 1.29 is 18.9 Å². The van der Waals surface area contributed by atoms with Crippen molar-refractivity contribution >= 4 is 17.3 Å². The lowest BCUT2D eigenvalue weighted by Gasteiger charge is -2.05. The van der Waals surface area contributed by atoms with E-state index in [1.165, 1.54) is 12.1 Å². The minimum absolute atomic E-state index is 0.115. The van der Waals surface area contributed by atoms with Gasteiger partial charge in [0.2, 0.25) is 0 Å². The first kappa shape index (κ1) is 13.5. The molecule has 0 atom stereocenters. The van der Waals surface area contributed by atoms with Crippen LogP contribution in [0.25, 0.3) is 0 Å². The van der Waals surface area contributed by atoms with Crippen LogP contribution in [0.15, 0.2) is 33.7 Å². The average molecular weight is 279 g/mol. The monoisotopic (exact) mass is 279 g/mol. The van der Waals surface area contributed by atoms with Gasteiger partial charge < -0.3 is 5.32 Å². The smallest absolute Gasteiger partial charge is 0.320 e. The molecule has 0 aliphatic rings. The molecule has 0 aliphatic carbocycles. The number of aromatic amines is 1. The number of non-ortho nitro benzene ring substituents is 1. The average Bonchev–Trinajstić information content (AvgIpc) is 2.77. The van der Waals surface area contributed by atoms with E-state index in [0.29, 0.717) is 11.3 Å². The van der Waals surface area contributed by atoms with Crippen LogP contribution in [0.3, 0.4) is 0 Å². The Morgan fingerprint density at radius 3 is 2.90 bits per heavy atom. The van der Waals surface area contributed by atoms with Gasteiger partial charge >= 0.3 is 5.63 Å². The van der Waals surface area contributed by atoms with E-state index in [9.17, 15) is 19.7 Å². The zero-order valence-electron chi connectivity index (χ0n) is 10.5. The van der Waals surface area contributed by atoms with Crippen molar-refractivity contribution in [2.75, 3.05) is 5.32 Å². The summed E-state index contributed by atoms with van der Waals surface area (Å²) in [4.78, 5) is 32.7. The van der Waals surface area contributed by atoms with Crippen molar-refractivity contribution in [3.63, 3.8) is 0 Å².